The minimum absolute atomic E-state index is 0.0928. The Labute approximate surface area is 181 Å². The summed E-state index contributed by atoms with van der Waals surface area (Å²) in [6.45, 7) is 5.32. The highest BCUT2D eigenvalue weighted by molar-refractivity contribution is 6.10. The van der Waals surface area contributed by atoms with Crippen LogP contribution in [0.2, 0.25) is 0 Å². The lowest BCUT2D eigenvalue weighted by atomic mass is 10.0. The molecule has 1 aliphatic heterocycles. The molecule has 4 rings (SSSR count). The monoisotopic (exact) mass is 420 g/mol. The second kappa shape index (κ2) is 8.43. The Morgan fingerprint density at radius 2 is 2.03 bits per heavy atom. The van der Waals surface area contributed by atoms with Crippen molar-refractivity contribution >= 4 is 17.5 Å². The van der Waals surface area contributed by atoms with Crippen molar-refractivity contribution in [3.8, 4) is 11.5 Å². The van der Waals surface area contributed by atoms with E-state index < -0.39 is 0 Å². The summed E-state index contributed by atoms with van der Waals surface area (Å²) in [5, 5.41) is 8.25. The topological polar surface area (TPSA) is 106 Å². The third-order valence-electron chi connectivity index (χ3n) is 5.50. The largest absolute Gasteiger partial charge is 0.363 e. The Hall–Kier alpha value is -3.33. The summed E-state index contributed by atoms with van der Waals surface area (Å²) in [5.41, 5.74) is 9.33. The summed E-state index contributed by atoms with van der Waals surface area (Å²) in [7, 11) is 3.81. The van der Waals surface area contributed by atoms with Crippen LogP contribution in [0.15, 0.2) is 30.6 Å². The molecule has 9 nitrogen and oxygen atoms in total. The second-order valence-corrected chi connectivity index (χ2v) is 7.92. The van der Waals surface area contributed by atoms with Gasteiger partial charge in [0.15, 0.2) is 5.82 Å². The second-order valence-electron chi connectivity index (χ2n) is 7.92. The van der Waals surface area contributed by atoms with Crippen LogP contribution in [0.1, 0.15) is 54.3 Å². The van der Waals surface area contributed by atoms with E-state index in [4.69, 9.17) is 15.7 Å². The first kappa shape index (κ1) is 20.9. The number of rotatable bonds is 7. The van der Waals surface area contributed by atoms with Gasteiger partial charge in [0.25, 0.3) is 5.91 Å². The molecule has 0 spiro atoms. The number of fused-ring (bicyclic) bond motifs is 1. The summed E-state index contributed by atoms with van der Waals surface area (Å²) in [6.07, 6.45) is 3.41. The van der Waals surface area contributed by atoms with Crippen LogP contribution < -0.4 is 15.5 Å². The van der Waals surface area contributed by atoms with E-state index in [1.54, 1.807) is 11.2 Å². The van der Waals surface area contributed by atoms with E-state index in [-0.39, 0.29) is 11.9 Å². The van der Waals surface area contributed by atoms with E-state index in [0.717, 1.165) is 36.5 Å². The molecule has 3 aromatic rings. The van der Waals surface area contributed by atoms with Gasteiger partial charge in [-0.3, -0.25) is 9.69 Å². The van der Waals surface area contributed by atoms with Crippen LogP contribution >= 0.6 is 0 Å². The quantitative estimate of drug-likeness (QED) is 0.626. The molecule has 1 aliphatic rings. The Morgan fingerprint density at radius 3 is 2.74 bits per heavy atom. The number of anilines is 2. The van der Waals surface area contributed by atoms with Crippen LogP contribution in [-0.4, -0.2) is 44.7 Å². The van der Waals surface area contributed by atoms with Crippen LogP contribution in [0.3, 0.4) is 0 Å². The van der Waals surface area contributed by atoms with E-state index in [0.29, 0.717) is 29.4 Å². The highest BCUT2D eigenvalue weighted by Gasteiger charge is 2.34. The number of nitrogens with two attached hydrogens (primary N) is 1. The fourth-order valence-electron chi connectivity index (χ4n) is 3.78. The van der Waals surface area contributed by atoms with Crippen molar-refractivity contribution in [1.82, 2.24) is 24.7 Å². The van der Waals surface area contributed by atoms with Crippen molar-refractivity contribution in [2.75, 3.05) is 23.9 Å². The van der Waals surface area contributed by atoms with Gasteiger partial charge in [-0.15, -0.1) is 10.2 Å². The van der Waals surface area contributed by atoms with Crippen LogP contribution in [-0.2, 0) is 13.1 Å². The molecule has 0 fully saturated rings. The average Bonchev–Trinajstić information content (AvgIpc) is 3.37. The maximum Gasteiger partial charge on any atom is 0.260 e. The predicted octanol–water partition coefficient (Wildman–Crippen LogP) is 2.78. The third-order valence-corrected chi connectivity index (χ3v) is 5.50. The molecular weight excluding hydrogens is 392 g/mol. The number of nitrogens with zero attached hydrogens (tertiary/aromatic N) is 7. The van der Waals surface area contributed by atoms with Gasteiger partial charge in [0.1, 0.15) is 23.7 Å². The summed E-state index contributed by atoms with van der Waals surface area (Å²) in [5.74, 6) is 1.90. The molecule has 0 aliphatic carbocycles. The van der Waals surface area contributed by atoms with Crippen molar-refractivity contribution < 1.29 is 4.79 Å². The Balaban J connectivity index is 1.73. The summed E-state index contributed by atoms with van der Waals surface area (Å²) >= 11 is 0. The number of aryl methyl sites for hydroxylation is 1. The van der Waals surface area contributed by atoms with Crippen molar-refractivity contribution in [3.05, 3.63) is 47.4 Å². The van der Waals surface area contributed by atoms with Gasteiger partial charge in [0.05, 0.1) is 17.8 Å². The number of hydrogen-bond donors (Lipinski definition) is 1. The van der Waals surface area contributed by atoms with Gasteiger partial charge in [-0.05, 0) is 31.0 Å². The number of carbonyl (C=O) groups excluding carboxylic acids is 1. The minimum atomic E-state index is -0.228. The lowest BCUT2D eigenvalue weighted by Crippen LogP contribution is -2.24. The standard InChI is InChI=1S/C22H28N8O/c1-5-10-29-13-24-27-21(29)17-8-7-9-18(25-17)30-12-15-14(22(30)31)11-19(28(3)4)26-20(15)16(23)6-2/h7-9,11,13,16H,5-6,10,12,23H2,1-4H3/t16-/m0/s1. The van der Waals surface area contributed by atoms with Gasteiger partial charge in [0.2, 0.25) is 0 Å². The van der Waals surface area contributed by atoms with Crippen molar-refractivity contribution in [2.24, 2.45) is 5.73 Å². The molecule has 3 aromatic heterocycles. The summed E-state index contributed by atoms with van der Waals surface area (Å²) in [4.78, 5) is 26.4. The van der Waals surface area contributed by atoms with Gasteiger partial charge in [-0.1, -0.05) is 19.9 Å². The molecule has 162 valence electrons. The number of pyridine rings is 2. The Bertz CT molecular complexity index is 1110. The van der Waals surface area contributed by atoms with Crippen molar-refractivity contribution in [1.29, 1.82) is 0 Å². The van der Waals surface area contributed by atoms with Crippen molar-refractivity contribution in [2.45, 2.75) is 45.8 Å². The lowest BCUT2D eigenvalue weighted by Gasteiger charge is -2.18. The number of carbonyl (C=O) groups is 1. The Kier molecular flexibility index (Phi) is 5.69. The number of aromatic nitrogens is 5. The molecule has 1 amide bonds. The van der Waals surface area contributed by atoms with E-state index in [1.807, 2.05) is 54.8 Å². The van der Waals surface area contributed by atoms with Gasteiger partial charge in [-0.2, -0.15) is 0 Å². The maximum atomic E-state index is 13.4. The molecule has 0 bridgehead atoms. The molecule has 1 atom stereocenters. The van der Waals surface area contributed by atoms with Gasteiger partial charge in [-0.25, -0.2) is 9.97 Å². The molecule has 0 aromatic carbocycles. The zero-order valence-electron chi connectivity index (χ0n) is 18.4. The van der Waals surface area contributed by atoms with Crippen LogP contribution in [0.25, 0.3) is 11.5 Å². The zero-order chi connectivity index (χ0) is 22.1. The Morgan fingerprint density at radius 1 is 1.23 bits per heavy atom. The van der Waals surface area contributed by atoms with E-state index in [2.05, 4.69) is 17.1 Å². The first-order valence-corrected chi connectivity index (χ1v) is 10.6. The van der Waals surface area contributed by atoms with E-state index >= 15 is 0 Å². The van der Waals surface area contributed by atoms with Crippen LogP contribution in [0.4, 0.5) is 11.6 Å². The number of hydrogen-bond acceptors (Lipinski definition) is 7. The number of amides is 1. The molecule has 31 heavy (non-hydrogen) atoms. The van der Waals surface area contributed by atoms with Crippen LogP contribution in [0.5, 0.6) is 0 Å². The lowest BCUT2D eigenvalue weighted by molar-refractivity contribution is 0.0996. The van der Waals surface area contributed by atoms with Gasteiger partial charge < -0.3 is 15.2 Å². The fraction of sp³-hybridized carbons (Fsp3) is 0.409. The SMILES string of the molecule is CCCn1cnnc1-c1cccc(N2Cc3c(cc(N(C)C)nc3[C@@H](N)CC)C2=O)n1. The molecule has 2 N–H and O–H groups in total. The smallest absolute Gasteiger partial charge is 0.260 e. The normalized spacial score (nSPS) is 14.1. The van der Waals surface area contributed by atoms with Crippen molar-refractivity contribution in [3.63, 3.8) is 0 Å². The van der Waals surface area contributed by atoms with E-state index in [1.165, 1.54) is 0 Å². The third kappa shape index (κ3) is 3.76. The zero-order valence-corrected chi connectivity index (χ0v) is 18.4. The minimum Gasteiger partial charge on any atom is -0.363 e. The molecule has 0 radical (unpaired) electrons. The predicted molar refractivity (Wildman–Crippen MR) is 120 cm³/mol. The molecular formula is C22H28N8O. The highest BCUT2D eigenvalue weighted by atomic mass is 16.2. The summed E-state index contributed by atoms with van der Waals surface area (Å²) in [6, 6.07) is 7.23. The maximum absolute atomic E-state index is 13.4. The van der Waals surface area contributed by atoms with Crippen LogP contribution in [0, 0.1) is 0 Å². The molecule has 0 saturated heterocycles. The average molecular weight is 421 g/mol. The van der Waals surface area contributed by atoms with Gasteiger partial charge in [0, 0.05) is 32.2 Å². The summed E-state index contributed by atoms with van der Waals surface area (Å²) < 4.78 is 1.97. The fourth-order valence-corrected chi connectivity index (χ4v) is 3.78. The molecule has 9 heteroatoms. The molecule has 0 saturated carbocycles. The van der Waals surface area contributed by atoms with E-state index in [9.17, 15) is 4.79 Å². The highest BCUT2D eigenvalue weighted by Crippen LogP contribution is 2.34. The van der Waals surface area contributed by atoms with Gasteiger partial charge >= 0.3 is 0 Å². The molecule has 0 unspecified atom stereocenters. The first-order valence-electron chi connectivity index (χ1n) is 10.6. The molecule has 4 heterocycles. The first-order chi connectivity index (χ1) is 14.9.